The molecular formula is C10H13NO. The highest BCUT2D eigenvalue weighted by Crippen LogP contribution is 2.47. The zero-order chi connectivity index (χ0) is 8.77. The molecule has 1 aliphatic rings. The number of likely N-dealkylation sites (N-methyl/N-ethyl adjacent to an activating group) is 1. The van der Waals surface area contributed by atoms with Crippen LogP contribution in [0, 0.1) is 0 Å². The molecule has 1 aliphatic carbocycles. The molecule has 12 heavy (non-hydrogen) atoms. The molecule has 2 rings (SSSR count). The fourth-order valence-electron chi connectivity index (χ4n) is 2.03. The van der Waals surface area contributed by atoms with E-state index in [2.05, 4.69) is 11.4 Å². The first-order valence-electron chi connectivity index (χ1n) is 4.17. The molecule has 0 heterocycles. The van der Waals surface area contributed by atoms with Gasteiger partial charge in [-0.25, -0.2) is 0 Å². The van der Waals surface area contributed by atoms with Crippen LogP contribution in [-0.4, -0.2) is 12.2 Å². The van der Waals surface area contributed by atoms with Gasteiger partial charge in [0.2, 0.25) is 0 Å². The van der Waals surface area contributed by atoms with Gasteiger partial charge in [-0.15, -0.1) is 0 Å². The second-order valence-corrected chi connectivity index (χ2v) is 3.46. The highest BCUT2D eigenvalue weighted by atomic mass is 16.3. The summed E-state index contributed by atoms with van der Waals surface area (Å²) in [6, 6.07) is 8.07. The summed E-state index contributed by atoms with van der Waals surface area (Å²) in [5, 5.41) is 13.1. The number of nitrogens with one attached hydrogen (secondary N) is 1. The Morgan fingerprint density at radius 3 is 2.75 bits per heavy atom. The Labute approximate surface area is 72.2 Å². The molecule has 2 nitrogen and oxygen atoms in total. The zero-order valence-corrected chi connectivity index (χ0v) is 7.33. The van der Waals surface area contributed by atoms with Crippen molar-refractivity contribution < 1.29 is 5.11 Å². The first-order chi connectivity index (χ1) is 5.68. The minimum Gasteiger partial charge on any atom is -0.383 e. The van der Waals surface area contributed by atoms with Crippen LogP contribution in [0.2, 0.25) is 0 Å². The summed E-state index contributed by atoms with van der Waals surface area (Å²) in [5.74, 6) is 0. The largest absolute Gasteiger partial charge is 0.383 e. The van der Waals surface area contributed by atoms with E-state index >= 15 is 0 Å². The van der Waals surface area contributed by atoms with Gasteiger partial charge in [-0.3, -0.25) is 0 Å². The minimum atomic E-state index is -0.689. The van der Waals surface area contributed by atoms with E-state index in [0.29, 0.717) is 0 Å². The summed E-state index contributed by atoms with van der Waals surface area (Å²) >= 11 is 0. The molecule has 64 valence electrons. The van der Waals surface area contributed by atoms with E-state index in [1.807, 2.05) is 32.2 Å². The van der Waals surface area contributed by atoms with Gasteiger partial charge in [0.25, 0.3) is 0 Å². The first-order valence-corrected chi connectivity index (χ1v) is 4.17. The Balaban J connectivity index is 2.48. The third-order valence-electron chi connectivity index (χ3n) is 2.67. The van der Waals surface area contributed by atoms with Gasteiger partial charge in [0.1, 0.15) is 5.60 Å². The molecule has 0 aliphatic heterocycles. The zero-order valence-electron chi connectivity index (χ0n) is 7.33. The monoisotopic (exact) mass is 163 g/mol. The van der Waals surface area contributed by atoms with E-state index in [4.69, 9.17) is 0 Å². The standard InChI is InChI=1S/C10H13NO/c1-10(12)8-6-4-3-5-7(8)9(10)11-2/h3-6,9,11-12H,1-2H3. The lowest BCUT2D eigenvalue weighted by atomic mass is 9.70. The third-order valence-corrected chi connectivity index (χ3v) is 2.67. The van der Waals surface area contributed by atoms with Gasteiger partial charge in [0.15, 0.2) is 0 Å². The fourth-order valence-corrected chi connectivity index (χ4v) is 2.03. The van der Waals surface area contributed by atoms with E-state index in [0.717, 1.165) is 5.56 Å². The normalized spacial score (nSPS) is 32.4. The van der Waals surface area contributed by atoms with E-state index in [-0.39, 0.29) is 6.04 Å². The second kappa shape index (κ2) is 2.31. The van der Waals surface area contributed by atoms with Crippen molar-refractivity contribution in [2.24, 2.45) is 0 Å². The molecule has 0 radical (unpaired) electrons. The quantitative estimate of drug-likeness (QED) is 0.651. The van der Waals surface area contributed by atoms with Crippen LogP contribution < -0.4 is 5.32 Å². The average Bonchev–Trinajstić information content (AvgIpc) is 2.05. The summed E-state index contributed by atoms with van der Waals surface area (Å²) < 4.78 is 0. The van der Waals surface area contributed by atoms with Crippen molar-refractivity contribution in [3.63, 3.8) is 0 Å². The van der Waals surface area contributed by atoms with Crippen LogP contribution in [0.1, 0.15) is 24.1 Å². The van der Waals surface area contributed by atoms with E-state index in [1.165, 1.54) is 5.56 Å². The molecule has 1 aromatic rings. The van der Waals surface area contributed by atoms with Crippen molar-refractivity contribution in [2.75, 3.05) is 7.05 Å². The molecule has 2 unspecified atom stereocenters. The van der Waals surface area contributed by atoms with Crippen LogP contribution in [0.5, 0.6) is 0 Å². The number of benzene rings is 1. The van der Waals surface area contributed by atoms with Gasteiger partial charge in [-0.2, -0.15) is 0 Å². The Hall–Kier alpha value is -0.860. The number of hydrogen-bond donors (Lipinski definition) is 2. The summed E-state index contributed by atoms with van der Waals surface area (Å²) in [4.78, 5) is 0. The van der Waals surface area contributed by atoms with Crippen LogP contribution in [0.3, 0.4) is 0 Å². The molecular weight excluding hydrogens is 150 g/mol. The maximum Gasteiger partial charge on any atom is 0.107 e. The molecule has 0 bridgehead atoms. The number of fused-ring (bicyclic) bond motifs is 1. The third kappa shape index (κ3) is 0.765. The summed E-state index contributed by atoms with van der Waals surface area (Å²) in [6.45, 7) is 1.84. The van der Waals surface area contributed by atoms with Crippen LogP contribution in [0.4, 0.5) is 0 Å². The Morgan fingerprint density at radius 1 is 1.42 bits per heavy atom. The van der Waals surface area contributed by atoms with E-state index in [9.17, 15) is 5.11 Å². The smallest absolute Gasteiger partial charge is 0.107 e. The average molecular weight is 163 g/mol. The van der Waals surface area contributed by atoms with Gasteiger partial charge < -0.3 is 10.4 Å². The van der Waals surface area contributed by atoms with Gasteiger partial charge in [-0.1, -0.05) is 24.3 Å². The van der Waals surface area contributed by atoms with Crippen molar-refractivity contribution in [3.8, 4) is 0 Å². The van der Waals surface area contributed by atoms with Gasteiger partial charge in [-0.05, 0) is 25.1 Å². The minimum absolute atomic E-state index is 0.0914. The topological polar surface area (TPSA) is 32.3 Å². The second-order valence-electron chi connectivity index (χ2n) is 3.46. The van der Waals surface area contributed by atoms with Crippen molar-refractivity contribution in [3.05, 3.63) is 35.4 Å². The predicted molar refractivity (Wildman–Crippen MR) is 47.8 cm³/mol. The molecule has 2 N–H and O–H groups in total. The SMILES string of the molecule is CNC1c2ccccc2C1(C)O. The predicted octanol–water partition coefficient (Wildman–Crippen LogP) is 1.17. The Kier molecular flexibility index (Phi) is 1.50. The highest BCUT2D eigenvalue weighted by Gasteiger charge is 2.45. The number of aliphatic hydroxyl groups is 1. The highest BCUT2D eigenvalue weighted by molar-refractivity contribution is 5.46. The Bertz CT molecular complexity index is 306. The van der Waals surface area contributed by atoms with E-state index in [1.54, 1.807) is 0 Å². The molecule has 0 spiro atoms. The van der Waals surface area contributed by atoms with Gasteiger partial charge in [0, 0.05) is 0 Å². The van der Waals surface area contributed by atoms with Crippen molar-refractivity contribution in [2.45, 2.75) is 18.6 Å². The molecule has 0 amide bonds. The molecule has 2 atom stereocenters. The first kappa shape index (κ1) is 7.77. The number of hydrogen-bond acceptors (Lipinski definition) is 2. The molecule has 0 saturated carbocycles. The summed E-state index contributed by atoms with van der Waals surface area (Å²) in [7, 11) is 1.87. The summed E-state index contributed by atoms with van der Waals surface area (Å²) in [6.07, 6.45) is 0. The van der Waals surface area contributed by atoms with Crippen LogP contribution in [0.25, 0.3) is 0 Å². The van der Waals surface area contributed by atoms with Crippen molar-refractivity contribution in [1.82, 2.24) is 5.32 Å². The van der Waals surface area contributed by atoms with Crippen molar-refractivity contribution in [1.29, 1.82) is 0 Å². The van der Waals surface area contributed by atoms with Gasteiger partial charge >= 0.3 is 0 Å². The lowest BCUT2D eigenvalue weighted by molar-refractivity contribution is -0.0121. The summed E-state index contributed by atoms with van der Waals surface area (Å²) in [5.41, 5.74) is 1.57. The molecule has 0 saturated heterocycles. The molecule has 0 fully saturated rings. The Morgan fingerprint density at radius 2 is 2.08 bits per heavy atom. The van der Waals surface area contributed by atoms with E-state index < -0.39 is 5.60 Å². The lowest BCUT2D eigenvalue weighted by Crippen LogP contribution is -2.47. The maximum absolute atomic E-state index is 9.96. The molecule has 2 heteroatoms. The van der Waals surface area contributed by atoms with Crippen molar-refractivity contribution >= 4 is 0 Å². The van der Waals surface area contributed by atoms with Crippen LogP contribution in [-0.2, 0) is 5.60 Å². The fraction of sp³-hybridized carbons (Fsp3) is 0.400. The van der Waals surface area contributed by atoms with Gasteiger partial charge in [0.05, 0.1) is 6.04 Å². The van der Waals surface area contributed by atoms with Crippen LogP contribution >= 0.6 is 0 Å². The molecule has 1 aromatic carbocycles. The number of rotatable bonds is 1. The maximum atomic E-state index is 9.96. The molecule has 0 aromatic heterocycles. The van der Waals surface area contributed by atoms with Crippen LogP contribution in [0.15, 0.2) is 24.3 Å². The lowest BCUT2D eigenvalue weighted by Gasteiger charge is -2.44.